The molecular formula is C11H12N4O. The van der Waals surface area contributed by atoms with Gasteiger partial charge in [0.15, 0.2) is 5.70 Å². The summed E-state index contributed by atoms with van der Waals surface area (Å²) in [4.78, 5) is 0. The summed E-state index contributed by atoms with van der Waals surface area (Å²) in [6.07, 6.45) is 5.46. The molecule has 1 heterocycles. The minimum atomic E-state index is -0.249. The van der Waals surface area contributed by atoms with Gasteiger partial charge in [-0.05, 0) is 31.3 Å². The summed E-state index contributed by atoms with van der Waals surface area (Å²) < 4.78 is 0. The Hall–Kier alpha value is -1.64. The topological polar surface area (TPSA) is 75.7 Å². The molecule has 0 aromatic carbocycles. The number of nitrogens with zero attached hydrogens (tertiary/aromatic N) is 2. The Labute approximate surface area is 93.3 Å². The number of hydrogen-bond acceptors (Lipinski definition) is 4. The Kier molecular flexibility index (Phi) is 2.06. The molecule has 2 unspecified atom stereocenters. The standard InChI is InChI=1S/C11H12N4O/c12-5-9-7-3-1-2-4-8(7)11-10(9)13-6-14-15(11)16/h6,9,15H,1-4H2,(H,13,14). The van der Waals surface area contributed by atoms with Gasteiger partial charge in [-0.25, -0.2) is 5.17 Å². The molecule has 3 aliphatic rings. The molecule has 0 radical (unpaired) electrons. The average molecular weight is 216 g/mol. The predicted molar refractivity (Wildman–Crippen MR) is 57.6 cm³/mol. The lowest BCUT2D eigenvalue weighted by atomic mass is 9.88. The molecule has 2 aliphatic carbocycles. The van der Waals surface area contributed by atoms with E-state index in [2.05, 4.69) is 16.5 Å². The largest absolute Gasteiger partial charge is 0.601 e. The number of quaternary nitrogens is 1. The third-order valence-corrected chi connectivity index (χ3v) is 3.46. The highest BCUT2D eigenvalue weighted by Crippen LogP contribution is 2.41. The molecule has 0 amide bonds. The minimum absolute atomic E-state index is 0.194. The molecule has 0 bridgehead atoms. The maximum atomic E-state index is 11.8. The Morgan fingerprint density at radius 1 is 1.50 bits per heavy atom. The van der Waals surface area contributed by atoms with Gasteiger partial charge in [0.05, 0.1) is 6.07 Å². The SMILES string of the molecule is N#CC1C2=C(CCCC2)C2=C1NC=N[NH+]2[O-]. The van der Waals surface area contributed by atoms with Crippen molar-refractivity contribution in [3.05, 3.63) is 27.7 Å². The molecule has 0 spiro atoms. The number of hydrogen-bond donors (Lipinski definition) is 2. The van der Waals surface area contributed by atoms with Gasteiger partial charge in [0.25, 0.3) is 0 Å². The molecule has 82 valence electrons. The summed E-state index contributed by atoms with van der Waals surface area (Å²) in [5.74, 6) is -0.249. The van der Waals surface area contributed by atoms with E-state index < -0.39 is 0 Å². The number of fused-ring (bicyclic) bond motifs is 1. The number of nitriles is 1. The predicted octanol–water partition coefficient (Wildman–Crippen LogP) is 0.151. The first kappa shape index (κ1) is 9.58. The van der Waals surface area contributed by atoms with Crippen LogP contribution in [0.5, 0.6) is 0 Å². The van der Waals surface area contributed by atoms with Crippen LogP contribution in [0.15, 0.2) is 27.6 Å². The molecule has 0 saturated heterocycles. The monoisotopic (exact) mass is 216 g/mol. The van der Waals surface area contributed by atoms with Crippen LogP contribution < -0.4 is 10.5 Å². The number of allylic oxidation sites excluding steroid dienone is 2. The maximum Gasteiger partial charge on any atom is 0.182 e. The van der Waals surface area contributed by atoms with Crippen LogP contribution in [0.4, 0.5) is 0 Å². The van der Waals surface area contributed by atoms with Gasteiger partial charge in [0.2, 0.25) is 0 Å². The lowest BCUT2D eigenvalue weighted by Crippen LogP contribution is -3.01. The van der Waals surface area contributed by atoms with Crippen molar-refractivity contribution in [1.82, 2.24) is 5.32 Å². The second-order valence-electron chi connectivity index (χ2n) is 4.27. The highest BCUT2D eigenvalue weighted by molar-refractivity contribution is 5.63. The van der Waals surface area contributed by atoms with Crippen LogP contribution in [0.2, 0.25) is 0 Å². The number of rotatable bonds is 0. The first-order valence-electron chi connectivity index (χ1n) is 5.52. The van der Waals surface area contributed by atoms with Crippen molar-refractivity contribution in [2.45, 2.75) is 25.7 Å². The van der Waals surface area contributed by atoms with Gasteiger partial charge < -0.3 is 10.5 Å². The molecule has 1 aliphatic heterocycles. The third-order valence-electron chi connectivity index (χ3n) is 3.46. The normalized spacial score (nSPS) is 32.0. The maximum absolute atomic E-state index is 11.8. The van der Waals surface area contributed by atoms with Crippen LogP contribution in [-0.4, -0.2) is 6.34 Å². The van der Waals surface area contributed by atoms with E-state index in [1.807, 2.05) is 0 Å². The molecule has 2 atom stereocenters. The minimum Gasteiger partial charge on any atom is -0.601 e. The molecule has 2 N–H and O–H groups in total. The fraction of sp³-hybridized carbons (Fsp3) is 0.455. The second-order valence-corrected chi connectivity index (χ2v) is 4.27. The zero-order valence-corrected chi connectivity index (χ0v) is 8.79. The van der Waals surface area contributed by atoms with Crippen molar-refractivity contribution in [3.8, 4) is 6.07 Å². The van der Waals surface area contributed by atoms with Crippen molar-refractivity contribution in [1.29, 1.82) is 5.26 Å². The summed E-state index contributed by atoms with van der Waals surface area (Å²) in [6, 6.07) is 2.29. The molecular weight excluding hydrogens is 204 g/mol. The second kappa shape index (κ2) is 3.44. The van der Waals surface area contributed by atoms with Gasteiger partial charge in [0.1, 0.15) is 18.0 Å². The van der Waals surface area contributed by atoms with Crippen LogP contribution >= 0.6 is 0 Å². The van der Waals surface area contributed by atoms with E-state index in [1.165, 1.54) is 6.34 Å². The van der Waals surface area contributed by atoms with Crippen molar-refractivity contribution < 1.29 is 5.17 Å². The van der Waals surface area contributed by atoms with Crippen molar-refractivity contribution in [2.75, 3.05) is 0 Å². The summed E-state index contributed by atoms with van der Waals surface area (Å²) in [6.45, 7) is 0. The van der Waals surface area contributed by atoms with Gasteiger partial charge in [-0.2, -0.15) is 5.26 Å². The highest BCUT2D eigenvalue weighted by atomic mass is 16.5. The van der Waals surface area contributed by atoms with Crippen LogP contribution in [0, 0.1) is 22.5 Å². The van der Waals surface area contributed by atoms with Gasteiger partial charge in [-0.3, -0.25) is 0 Å². The van der Waals surface area contributed by atoms with Crippen molar-refractivity contribution in [2.24, 2.45) is 11.0 Å². The first-order chi connectivity index (χ1) is 7.83. The lowest BCUT2D eigenvalue weighted by Gasteiger charge is -2.23. The van der Waals surface area contributed by atoms with Gasteiger partial charge >= 0.3 is 0 Å². The Morgan fingerprint density at radius 3 is 3.12 bits per heavy atom. The highest BCUT2D eigenvalue weighted by Gasteiger charge is 2.40. The molecule has 5 nitrogen and oxygen atoms in total. The average Bonchev–Trinajstić information content (AvgIpc) is 2.64. The molecule has 3 rings (SSSR count). The van der Waals surface area contributed by atoms with E-state index in [-0.39, 0.29) is 11.1 Å². The van der Waals surface area contributed by atoms with Crippen LogP contribution in [0.3, 0.4) is 0 Å². The molecule has 16 heavy (non-hydrogen) atoms. The van der Waals surface area contributed by atoms with Gasteiger partial charge in [0, 0.05) is 5.57 Å². The first-order valence-corrected chi connectivity index (χ1v) is 5.52. The fourth-order valence-electron chi connectivity index (χ4n) is 2.78. The quantitative estimate of drug-likeness (QED) is 0.566. The summed E-state index contributed by atoms with van der Waals surface area (Å²) >= 11 is 0. The van der Waals surface area contributed by atoms with Crippen LogP contribution in [-0.2, 0) is 0 Å². The molecule has 0 saturated carbocycles. The Bertz CT molecular complexity index is 469. The smallest absolute Gasteiger partial charge is 0.182 e. The fourth-order valence-corrected chi connectivity index (χ4v) is 2.78. The third kappa shape index (κ3) is 1.14. The number of nitrogens with one attached hydrogen (secondary N) is 2. The zero-order valence-electron chi connectivity index (χ0n) is 8.79. The van der Waals surface area contributed by atoms with E-state index in [1.54, 1.807) is 0 Å². The van der Waals surface area contributed by atoms with Crippen LogP contribution in [0.25, 0.3) is 0 Å². The van der Waals surface area contributed by atoms with Gasteiger partial charge in [-0.15, -0.1) is 0 Å². The van der Waals surface area contributed by atoms with E-state index in [0.717, 1.165) is 42.5 Å². The molecule has 0 aromatic heterocycles. The van der Waals surface area contributed by atoms with Crippen LogP contribution in [0.1, 0.15) is 25.7 Å². The Morgan fingerprint density at radius 2 is 2.31 bits per heavy atom. The summed E-state index contributed by atoms with van der Waals surface area (Å²) in [5.41, 5.74) is 3.66. The molecule has 0 aromatic rings. The van der Waals surface area contributed by atoms with Gasteiger partial charge in [-0.1, -0.05) is 5.10 Å². The van der Waals surface area contributed by atoms with Crippen molar-refractivity contribution >= 4 is 6.34 Å². The van der Waals surface area contributed by atoms with E-state index in [9.17, 15) is 10.5 Å². The van der Waals surface area contributed by atoms with Crippen molar-refractivity contribution in [3.63, 3.8) is 0 Å². The summed E-state index contributed by atoms with van der Waals surface area (Å²) in [5, 5.41) is 27.5. The Balaban J connectivity index is 2.10. The summed E-state index contributed by atoms with van der Waals surface area (Å²) in [7, 11) is 0. The van der Waals surface area contributed by atoms with E-state index in [4.69, 9.17) is 0 Å². The van der Waals surface area contributed by atoms with E-state index >= 15 is 0 Å². The molecule has 5 heteroatoms. The molecule has 0 fully saturated rings. The lowest BCUT2D eigenvalue weighted by molar-refractivity contribution is -0.812. The van der Waals surface area contributed by atoms with E-state index in [0.29, 0.717) is 5.70 Å². The number of hydroxylamine groups is 1. The zero-order chi connectivity index (χ0) is 11.1.